The smallest absolute Gasteiger partial charge is 0.328 e. The van der Waals surface area contributed by atoms with Gasteiger partial charge >= 0.3 is 5.69 Å². The fourth-order valence-corrected chi connectivity index (χ4v) is 3.16. The molecule has 0 aliphatic rings. The van der Waals surface area contributed by atoms with Crippen molar-refractivity contribution in [2.45, 2.75) is 39.7 Å². The van der Waals surface area contributed by atoms with Gasteiger partial charge in [-0.25, -0.2) is 4.79 Å². The average molecular weight is 395 g/mol. The number of aromatic amines is 1. The van der Waals surface area contributed by atoms with Crippen LogP contribution >= 0.6 is 11.6 Å². The Bertz CT molecular complexity index is 887. The maximum absolute atomic E-state index is 12.5. The maximum atomic E-state index is 12.5. The summed E-state index contributed by atoms with van der Waals surface area (Å²) in [5.41, 5.74) is -0.445. The zero-order valence-electron chi connectivity index (χ0n) is 15.9. The molecule has 148 valence electrons. The number of hydrogen-bond donors (Lipinski definition) is 2. The summed E-state index contributed by atoms with van der Waals surface area (Å²) in [6.45, 7) is 8.03. The Hall–Kier alpha value is -2.12. The molecule has 1 aromatic carbocycles. The number of rotatable bonds is 10. The molecule has 0 spiro atoms. The van der Waals surface area contributed by atoms with Gasteiger partial charge in [-0.05, 0) is 50.7 Å². The standard InChI is InChI=1S/C19H27ClN4O3/c1-3-23(4-2)11-6-10-21-17(25)7-5-12-24-18(26)15-9-8-14(20)13-16(15)22-19(24)27/h8-9,13H,3-7,10-12H2,1-2H3,(H,21,25)(H,22,27). The number of fused-ring (bicyclic) bond motifs is 1. The van der Waals surface area contributed by atoms with E-state index >= 15 is 0 Å². The molecule has 7 nitrogen and oxygen atoms in total. The van der Waals surface area contributed by atoms with E-state index in [0.717, 1.165) is 30.6 Å². The molecule has 0 fully saturated rings. The average Bonchev–Trinajstić information content (AvgIpc) is 2.64. The van der Waals surface area contributed by atoms with Crippen LogP contribution < -0.4 is 16.6 Å². The third-order valence-electron chi connectivity index (χ3n) is 4.60. The van der Waals surface area contributed by atoms with Crippen LogP contribution in [0.4, 0.5) is 0 Å². The molecular formula is C19H27ClN4O3. The summed E-state index contributed by atoms with van der Waals surface area (Å²) in [5, 5.41) is 3.74. The monoisotopic (exact) mass is 394 g/mol. The fraction of sp³-hybridized carbons (Fsp3) is 0.526. The topological polar surface area (TPSA) is 87.2 Å². The lowest BCUT2D eigenvalue weighted by Crippen LogP contribution is -2.35. The first-order chi connectivity index (χ1) is 13.0. The van der Waals surface area contributed by atoms with Crippen molar-refractivity contribution < 1.29 is 4.79 Å². The fourth-order valence-electron chi connectivity index (χ4n) is 2.99. The van der Waals surface area contributed by atoms with E-state index < -0.39 is 5.69 Å². The molecule has 0 atom stereocenters. The molecule has 2 N–H and O–H groups in total. The Balaban J connectivity index is 1.85. The van der Waals surface area contributed by atoms with Crippen LogP contribution in [0.2, 0.25) is 5.02 Å². The molecule has 2 rings (SSSR count). The number of amides is 1. The lowest BCUT2D eigenvalue weighted by molar-refractivity contribution is -0.121. The molecule has 0 aliphatic heterocycles. The minimum Gasteiger partial charge on any atom is -0.356 e. The van der Waals surface area contributed by atoms with E-state index in [1.165, 1.54) is 0 Å². The van der Waals surface area contributed by atoms with Crippen molar-refractivity contribution >= 4 is 28.4 Å². The van der Waals surface area contributed by atoms with E-state index in [4.69, 9.17) is 11.6 Å². The van der Waals surface area contributed by atoms with E-state index in [9.17, 15) is 14.4 Å². The summed E-state index contributed by atoms with van der Waals surface area (Å²) in [6, 6.07) is 4.75. The Kier molecular flexibility index (Phi) is 8.06. The van der Waals surface area contributed by atoms with Gasteiger partial charge < -0.3 is 15.2 Å². The van der Waals surface area contributed by atoms with Crippen LogP contribution in [0.1, 0.15) is 33.1 Å². The zero-order chi connectivity index (χ0) is 19.8. The summed E-state index contributed by atoms with van der Waals surface area (Å²) in [5.74, 6) is -0.0633. The highest BCUT2D eigenvalue weighted by Crippen LogP contribution is 2.13. The first kappa shape index (κ1) is 21.2. The van der Waals surface area contributed by atoms with Crippen LogP contribution in [0.3, 0.4) is 0 Å². The first-order valence-electron chi connectivity index (χ1n) is 9.37. The third-order valence-corrected chi connectivity index (χ3v) is 4.83. The summed E-state index contributed by atoms with van der Waals surface area (Å²) in [7, 11) is 0. The number of aromatic nitrogens is 2. The molecule has 1 aromatic heterocycles. The second kappa shape index (κ2) is 10.3. The quantitative estimate of drug-likeness (QED) is 0.603. The highest BCUT2D eigenvalue weighted by molar-refractivity contribution is 6.31. The molecular weight excluding hydrogens is 368 g/mol. The Labute approximate surface area is 163 Å². The van der Waals surface area contributed by atoms with Crippen LogP contribution in [-0.4, -0.2) is 46.5 Å². The molecule has 1 heterocycles. The predicted octanol–water partition coefficient (Wildman–Crippen LogP) is 1.97. The van der Waals surface area contributed by atoms with Gasteiger partial charge in [0.05, 0.1) is 10.9 Å². The number of carbonyl (C=O) groups excluding carboxylic acids is 1. The van der Waals surface area contributed by atoms with Gasteiger partial charge in [0.25, 0.3) is 5.56 Å². The van der Waals surface area contributed by atoms with Crippen LogP contribution in [-0.2, 0) is 11.3 Å². The number of H-pyrrole nitrogens is 1. The van der Waals surface area contributed by atoms with Crippen LogP contribution in [0.5, 0.6) is 0 Å². The van der Waals surface area contributed by atoms with Crippen molar-refractivity contribution in [2.75, 3.05) is 26.2 Å². The lowest BCUT2D eigenvalue weighted by atomic mass is 10.2. The third kappa shape index (κ3) is 5.94. The van der Waals surface area contributed by atoms with E-state index in [2.05, 4.69) is 29.0 Å². The van der Waals surface area contributed by atoms with Crippen LogP contribution in [0.25, 0.3) is 10.9 Å². The molecule has 0 saturated carbocycles. The summed E-state index contributed by atoms with van der Waals surface area (Å²) >= 11 is 5.89. The van der Waals surface area contributed by atoms with Crippen molar-refractivity contribution in [2.24, 2.45) is 0 Å². The Morgan fingerprint density at radius 2 is 1.96 bits per heavy atom. The van der Waals surface area contributed by atoms with Crippen molar-refractivity contribution in [1.29, 1.82) is 0 Å². The molecule has 1 amide bonds. The van der Waals surface area contributed by atoms with Crippen molar-refractivity contribution in [3.8, 4) is 0 Å². The van der Waals surface area contributed by atoms with Gasteiger partial charge in [0.1, 0.15) is 0 Å². The lowest BCUT2D eigenvalue weighted by Gasteiger charge is -2.17. The highest BCUT2D eigenvalue weighted by Gasteiger charge is 2.09. The minimum absolute atomic E-state index is 0.0633. The number of halogens is 1. The number of nitrogens with one attached hydrogen (secondary N) is 2. The summed E-state index contributed by atoms with van der Waals surface area (Å²) in [6.07, 6.45) is 1.60. The first-order valence-corrected chi connectivity index (χ1v) is 9.75. The summed E-state index contributed by atoms with van der Waals surface area (Å²) in [4.78, 5) is 41.5. The molecule has 0 saturated heterocycles. The SMILES string of the molecule is CCN(CC)CCCNC(=O)CCCn1c(=O)[nH]c2cc(Cl)ccc2c1=O. The molecule has 27 heavy (non-hydrogen) atoms. The summed E-state index contributed by atoms with van der Waals surface area (Å²) < 4.78 is 1.13. The number of nitrogens with zero attached hydrogens (tertiary/aromatic N) is 2. The highest BCUT2D eigenvalue weighted by atomic mass is 35.5. The molecule has 0 unspecified atom stereocenters. The minimum atomic E-state index is -0.491. The zero-order valence-corrected chi connectivity index (χ0v) is 16.6. The normalized spacial score (nSPS) is 11.3. The van der Waals surface area contributed by atoms with E-state index in [1.54, 1.807) is 18.2 Å². The van der Waals surface area contributed by atoms with Crippen molar-refractivity contribution in [3.05, 3.63) is 44.1 Å². The molecule has 8 heteroatoms. The Morgan fingerprint density at radius 1 is 1.22 bits per heavy atom. The van der Waals surface area contributed by atoms with Crippen molar-refractivity contribution in [3.63, 3.8) is 0 Å². The maximum Gasteiger partial charge on any atom is 0.328 e. The van der Waals surface area contributed by atoms with E-state index in [-0.39, 0.29) is 24.4 Å². The molecule has 0 radical (unpaired) electrons. The van der Waals surface area contributed by atoms with Gasteiger partial charge in [-0.1, -0.05) is 25.4 Å². The van der Waals surface area contributed by atoms with Crippen LogP contribution in [0, 0.1) is 0 Å². The molecule has 2 aromatic rings. The predicted molar refractivity (Wildman–Crippen MR) is 108 cm³/mol. The van der Waals surface area contributed by atoms with Crippen LogP contribution in [0.15, 0.2) is 27.8 Å². The van der Waals surface area contributed by atoms with Gasteiger partial charge in [-0.3, -0.25) is 14.2 Å². The number of benzene rings is 1. The van der Waals surface area contributed by atoms with E-state index in [0.29, 0.717) is 28.9 Å². The second-order valence-corrected chi connectivity index (χ2v) is 6.85. The largest absolute Gasteiger partial charge is 0.356 e. The second-order valence-electron chi connectivity index (χ2n) is 6.41. The van der Waals surface area contributed by atoms with Gasteiger partial charge in [0.15, 0.2) is 0 Å². The van der Waals surface area contributed by atoms with Crippen molar-refractivity contribution in [1.82, 2.24) is 19.8 Å². The van der Waals surface area contributed by atoms with Gasteiger partial charge in [0, 0.05) is 24.5 Å². The number of hydrogen-bond acceptors (Lipinski definition) is 4. The van der Waals surface area contributed by atoms with Gasteiger partial charge in [0.2, 0.25) is 5.91 Å². The Morgan fingerprint density at radius 3 is 2.67 bits per heavy atom. The van der Waals surface area contributed by atoms with E-state index in [1.807, 2.05) is 0 Å². The van der Waals surface area contributed by atoms with Gasteiger partial charge in [-0.15, -0.1) is 0 Å². The number of carbonyl (C=O) groups is 1. The molecule has 0 aliphatic carbocycles. The molecule has 0 bridgehead atoms. The van der Waals surface area contributed by atoms with Gasteiger partial charge in [-0.2, -0.15) is 0 Å².